The number of carbonyl (C=O) groups is 4. The summed E-state index contributed by atoms with van der Waals surface area (Å²) in [4.78, 5) is 72.5. The summed E-state index contributed by atoms with van der Waals surface area (Å²) in [7, 11) is -9.91. The van der Waals surface area contributed by atoms with Gasteiger partial charge in [0.05, 0.1) is 26.4 Å². The van der Waals surface area contributed by atoms with Crippen LogP contribution in [-0.4, -0.2) is 96.7 Å². The highest BCUT2D eigenvalue weighted by Crippen LogP contribution is 2.45. The molecular formula is C70H132O17P2. The molecule has 0 heterocycles. The lowest BCUT2D eigenvalue weighted by Gasteiger charge is -2.21. The molecule has 17 nitrogen and oxygen atoms in total. The average Bonchev–Trinajstić information content (AvgIpc) is 3.69. The van der Waals surface area contributed by atoms with Crippen molar-refractivity contribution in [2.45, 2.75) is 343 Å². The van der Waals surface area contributed by atoms with Crippen LogP contribution in [0.25, 0.3) is 0 Å². The predicted molar refractivity (Wildman–Crippen MR) is 358 cm³/mol. The van der Waals surface area contributed by atoms with Gasteiger partial charge in [-0.15, -0.1) is 0 Å². The number of phosphoric ester groups is 2. The summed E-state index contributed by atoms with van der Waals surface area (Å²) in [5.41, 5.74) is 0. The lowest BCUT2D eigenvalue weighted by Crippen LogP contribution is -2.30. The van der Waals surface area contributed by atoms with Gasteiger partial charge >= 0.3 is 39.5 Å². The SMILES string of the molecule is CCCCCC/C=C\C=C/CCCCCCCC(=O)O[C@H](COC(=O)CCCCCCCCCCCCCC(C)C)COP(=O)(O)OC[C@@H](O)COP(=O)(O)OC[C@@H](COC(=O)CCCCCCCCC(C)CC)OC(=O)CCCCCCCCCC(C)C. The highest BCUT2D eigenvalue weighted by atomic mass is 31.2. The summed E-state index contributed by atoms with van der Waals surface area (Å²) in [6.07, 6.45) is 46.8. The van der Waals surface area contributed by atoms with E-state index in [1.807, 2.05) is 0 Å². The van der Waals surface area contributed by atoms with Crippen LogP contribution in [-0.2, 0) is 65.4 Å². The Labute approximate surface area is 542 Å². The van der Waals surface area contributed by atoms with Gasteiger partial charge in [-0.1, -0.05) is 272 Å². The van der Waals surface area contributed by atoms with Gasteiger partial charge in [0, 0.05) is 25.7 Å². The zero-order valence-electron chi connectivity index (χ0n) is 57.4. The van der Waals surface area contributed by atoms with E-state index in [2.05, 4.69) is 72.8 Å². The fraction of sp³-hybridized carbons (Fsp3) is 0.886. The van der Waals surface area contributed by atoms with Crippen LogP contribution < -0.4 is 0 Å². The van der Waals surface area contributed by atoms with E-state index in [1.54, 1.807) is 0 Å². The second kappa shape index (κ2) is 60.5. The number of unbranched alkanes of at least 4 members (excludes halogenated alkanes) is 30. The maximum atomic E-state index is 13.0. The van der Waals surface area contributed by atoms with E-state index >= 15 is 0 Å². The van der Waals surface area contributed by atoms with E-state index in [0.29, 0.717) is 31.6 Å². The fourth-order valence-electron chi connectivity index (χ4n) is 9.97. The minimum atomic E-state index is -4.96. The Balaban J connectivity index is 5.29. The van der Waals surface area contributed by atoms with Gasteiger partial charge in [-0.25, -0.2) is 9.13 Å². The van der Waals surface area contributed by atoms with Crippen molar-refractivity contribution >= 4 is 39.5 Å². The Bertz CT molecular complexity index is 1840. The molecule has 3 N–H and O–H groups in total. The molecule has 0 fully saturated rings. The number of phosphoric acid groups is 2. The second-order valence-electron chi connectivity index (χ2n) is 25.8. The van der Waals surface area contributed by atoms with Gasteiger partial charge in [-0.3, -0.25) is 37.3 Å². The molecule has 6 atom stereocenters. The maximum Gasteiger partial charge on any atom is 0.472 e. The van der Waals surface area contributed by atoms with Crippen molar-refractivity contribution in [3.05, 3.63) is 24.3 Å². The number of aliphatic hydroxyl groups excluding tert-OH is 1. The minimum Gasteiger partial charge on any atom is -0.462 e. The van der Waals surface area contributed by atoms with Crippen LogP contribution in [0.15, 0.2) is 24.3 Å². The van der Waals surface area contributed by atoms with Gasteiger partial charge in [0.1, 0.15) is 19.3 Å². The molecule has 0 rings (SSSR count). The third-order valence-electron chi connectivity index (χ3n) is 15.9. The van der Waals surface area contributed by atoms with Crippen LogP contribution in [0.3, 0.4) is 0 Å². The van der Waals surface area contributed by atoms with Gasteiger partial charge in [0.2, 0.25) is 0 Å². The summed E-state index contributed by atoms with van der Waals surface area (Å²) >= 11 is 0. The lowest BCUT2D eigenvalue weighted by molar-refractivity contribution is -0.161. The van der Waals surface area contributed by atoms with Crippen LogP contribution in [0.1, 0.15) is 325 Å². The van der Waals surface area contributed by atoms with Gasteiger partial charge < -0.3 is 33.8 Å². The third kappa shape index (κ3) is 62.7. The smallest absolute Gasteiger partial charge is 0.462 e. The zero-order chi connectivity index (χ0) is 65.9. The Hall–Kier alpha value is -2.46. The number of allylic oxidation sites excluding steroid dienone is 4. The second-order valence-corrected chi connectivity index (χ2v) is 28.7. The maximum absolute atomic E-state index is 13.0. The van der Waals surface area contributed by atoms with Crippen LogP contribution in [0.4, 0.5) is 0 Å². The highest BCUT2D eigenvalue weighted by molar-refractivity contribution is 7.47. The van der Waals surface area contributed by atoms with Crippen LogP contribution in [0.5, 0.6) is 0 Å². The highest BCUT2D eigenvalue weighted by Gasteiger charge is 2.30. The molecular weight excluding hydrogens is 1170 g/mol. The molecule has 3 unspecified atom stereocenters. The van der Waals surface area contributed by atoms with Crippen LogP contribution in [0, 0.1) is 17.8 Å². The molecule has 0 aromatic carbocycles. The Morgan fingerprint density at radius 1 is 0.371 bits per heavy atom. The number of aliphatic hydroxyl groups is 1. The van der Waals surface area contributed by atoms with E-state index in [-0.39, 0.29) is 25.7 Å². The molecule has 0 aliphatic carbocycles. The van der Waals surface area contributed by atoms with Gasteiger partial charge in [-0.2, -0.15) is 0 Å². The molecule has 0 aliphatic rings. The number of carbonyl (C=O) groups excluding carboxylic acids is 4. The molecule has 0 saturated heterocycles. The number of hydrogen-bond acceptors (Lipinski definition) is 15. The molecule has 0 saturated carbocycles. The molecule has 0 amide bonds. The molecule has 0 bridgehead atoms. The van der Waals surface area contributed by atoms with Crippen LogP contribution >= 0.6 is 15.6 Å². The molecule has 0 aromatic rings. The first kappa shape index (κ1) is 86.5. The average molecular weight is 1310 g/mol. The minimum absolute atomic E-state index is 0.0843. The summed E-state index contributed by atoms with van der Waals surface area (Å²) in [5, 5.41) is 10.6. The lowest BCUT2D eigenvalue weighted by atomic mass is 10.00. The molecule has 0 aliphatic heterocycles. The predicted octanol–water partition coefficient (Wildman–Crippen LogP) is 19.4. The summed E-state index contributed by atoms with van der Waals surface area (Å²) in [6, 6.07) is 0. The van der Waals surface area contributed by atoms with Crippen molar-refractivity contribution in [2.24, 2.45) is 17.8 Å². The number of rotatable bonds is 66. The first-order chi connectivity index (χ1) is 42.8. The van der Waals surface area contributed by atoms with Gasteiger partial charge in [0.15, 0.2) is 12.2 Å². The van der Waals surface area contributed by atoms with E-state index in [4.69, 9.17) is 37.0 Å². The summed E-state index contributed by atoms with van der Waals surface area (Å²) in [5.74, 6) is 0.0312. The van der Waals surface area contributed by atoms with Crippen molar-refractivity contribution in [2.75, 3.05) is 39.6 Å². The van der Waals surface area contributed by atoms with Crippen molar-refractivity contribution < 1.29 is 80.2 Å². The zero-order valence-corrected chi connectivity index (χ0v) is 59.2. The van der Waals surface area contributed by atoms with Crippen LogP contribution in [0.2, 0.25) is 0 Å². The van der Waals surface area contributed by atoms with E-state index in [9.17, 15) is 43.2 Å². The first-order valence-electron chi connectivity index (χ1n) is 35.7. The third-order valence-corrected chi connectivity index (χ3v) is 17.8. The van der Waals surface area contributed by atoms with E-state index in [0.717, 1.165) is 121 Å². The molecule has 0 aromatic heterocycles. The van der Waals surface area contributed by atoms with Crippen molar-refractivity contribution in [1.82, 2.24) is 0 Å². The van der Waals surface area contributed by atoms with E-state index in [1.165, 1.54) is 116 Å². The number of hydrogen-bond donors (Lipinski definition) is 3. The Morgan fingerprint density at radius 2 is 0.663 bits per heavy atom. The number of ether oxygens (including phenoxy) is 4. The van der Waals surface area contributed by atoms with Crippen molar-refractivity contribution in [3.63, 3.8) is 0 Å². The standard InChI is InChI=1S/C70H132O17P2/c1-8-10-11-12-13-14-15-16-17-18-21-25-30-39-46-53-69(74)86-65(57-80-67(72)51-44-37-29-24-22-19-20-23-27-34-41-48-61(3)4)59-84-88(76,77)82-55-64(71)56-83-89(78,79)85-60-66(87-70(75)54-47-40-31-26-28-35-42-49-62(5)6)58-81-68(73)52-45-38-33-32-36-43-50-63(7)9-2/h14-17,61-66,71H,8-13,18-60H2,1-7H3,(H,76,77)(H,78,79)/b15-14-,17-16-/t63?,64-,65-,66-/m1/s1. The van der Waals surface area contributed by atoms with Gasteiger partial charge in [-0.05, 0) is 69.1 Å². The van der Waals surface area contributed by atoms with Crippen molar-refractivity contribution in [1.29, 1.82) is 0 Å². The molecule has 524 valence electrons. The normalized spacial score (nSPS) is 14.7. The Kier molecular flexibility index (Phi) is 58.8. The summed E-state index contributed by atoms with van der Waals surface area (Å²) < 4.78 is 68.2. The first-order valence-corrected chi connectivity index (χ1v) is 38.7. The molecule has 89 heavy (non-hydrogen) atoms. The Morgan fingerprint density at radius 3 is 1.00 bits per heavy atom. The molecule has 0 spiro atoms. The molecule has 0 radical (unpaired) electrons. The van der Waals surface area contributed by atoms with Crippen molar-refractivity contribution in [3.8, 4) is 0 Å². The fourth-order valence-corrected chi connectivity index (χ4v) is 11.5. The molecule has 19 heteroatoms. The summed E-state index contributed by atoms with van der Waals surface area (Å²) in [6.45, 7) is 11.7. The monoisotopic (exact) mass is 1310 g/mol. The quantitative estimate of drug-likeness (QED) is 0.0169. The van der Waals surface area contributed by atoms with E-state index < -0.39 is 97.5 Å². The number of esters is 4. The topological polar surface area (TPSA) is 237 Å². The van der Waals surface area contributed by atoms with Gasteiger partial charge in [0.25, 0.3) is 0 Å². The largest absolute Gasteiger partial charge is 0.472 e.